The second-order valence-electron chi connectivity index (χ2n) is 0.169. The molecule has 0 aliphatic heterocycles. The predicted molar refractivity (Wildman–Crippen MR) is 25.3 cm³/mol. The lowest BCUT2D eigenvalue weighted by atomic mass is 11.8. The third-order valence-electron chi connectivity index (χ3n) is 0.0319. The summed E-state index contributed by atoms with van der Waals surface area (Å²) in [6.07, 6.45) is 0. The molecule has 1 nitrogen and oxygen atoms in total. The van der Waals surface area contributed by atoms with Crippen LogP contribution in [0.4, 0.5) is 0 Å². The van der Waals surface area contributed by atoms with Crippen molar-refractivity contribution in [2.45, 2.75) is 0 Å². The van der Waals surface area contributed by atoms with Crippen molar-refractivity contribution in [2.24, 2.45) is 4.02 Å². The first-order chi connectivity index (χ1) is 1.91. The zero-order valence-electron chi connectivity index (χ0n) is 1.70. The van der Waals surface area contributed by atoms with Crippen LogP contribution in [-0.4, -0.2) is 5.12 Å². The van der Waals surface area contributed by atoms with Crippen molar-refractivity contribution in [3.05, 3.63) is 0 Å². The Balaban J connectivity index is 2.55. The van der Waals surface area contributed by atoms with Gasteiger partial charge in [0.05, 0.1) is 16.1 Å². The van der Waals surface area contributed by atoms with E-state index in [0.29, 0.717) is 0 Å². The van der Waals surface area contributed by atoms with Crippen LogP contribution in [0.3, 0.4) is 0 Å². The SMILES string of the molecule is Br[C]=NBr. The summed E-state index contributed by atoms with van der Waals surface area (Å²) in [6.45, 7) is 0. The summed E-state index contributed by atoms with van der Waals surface area (Å²) in [5, 5.41) is 2.28. The molecule has 0 unspecified atom stereocenters. The maximum Gasteiger partial charge on any atom is 0.147 e. The van der Waals surface area contributed by atoms with E-state index in [1.165, 1.54) is 0 Å². The lowest BCUT2D eigenvalue weighted by Crippen LogP contribution is -1.26. The molecule has 0 saturated heterocycles. The zero-order valence-corrected chi connectivity index (χ0v) is 4.88. The van der Waals surface area contributed by atoms with E-state index in [0.717, 1.165) is 0 Å². The highest BCUT2D eigenvalue weighted by Gasteiger charge is 1.42. The van der Waals surface area contributed by atoms with Crippen molar-refractivity contribution in [3.63, 3.8) is 0 Å². The van der Waals surface area contributed by atoms with E-state index in [1.807, 2.05) is 0 Å². The molecule has 0 aromatic carbocycles. The molecule has 0 amide bonds. The first-order valence-electron chi connectivity index (χ1n) is 0.582. The minimum Gasteiger partial charge on any atom is -0.197 e. The van der Waals surface area contributed by atoms with E-state index < -0.39 is 0 Å². The van der Waals surface area contributed by atoms with Crippen LogP contribution < -0.4 is 0 Å². The van der Waals surface area contributed by atoms with Gasteiger partial charge in [0.1, 0.15) is 5.12 Å². The molecule has 0 spiro atoms. The van der Waals surface area contributed by atoms with E-state index in [1.54, 1.807) is 0 Å². The molecule has 0 aromatic heterocycles. The average Bonchev–Trinajstić information content (AvgIpc) is 1.37. The van der Waals surface area contributed by atoms with Crippen molar-refractivity contribution in [1.82, 2.24) is 0 Å². The van der Waals surface area contributed by atoms with Crippen molar-refractivity contribution >= 4 is 37.2 Å². The molecule has 0 rings (SSSR count). The molecular formula is CBr2N. The maximum absolute atomic E-state index is 3.22. The normalized spacial score (nSPS) is 9.50. The summed E-state index contributed by atoms with van der Waals surface area (Å²) in [5.74, 6) is 0. The predicted octanol–water partition coefficient (Wildman–Crippen LogP) is 1.60. The highest BCUT2D eigenvalue weighted by atomic mass is 79.9. The molecule has 3 heteroatoms. The molecule has 0 saturated carbocycles. The monoisotopic (exact) mass is 184 g/mol. The van der Waals surface area contributed by atoms with Crippen LogP contribution in [0.2, 0.25) is 0 Å². The quantitative estimate of drug-likeness (QED) is 0.509. The molecule has 4 heavy (non-hydrogen) atoms. The van der Waals surface area contributed by atoms with Crippen molar-refractivity contribution < 1.29 is 0 Å². The Morgan fingerprint density at radius 2 is 2.00 bits per heavy atom. The number of hydrogen-bond donors (Lipinski definition) is 0. The number of hydrogen-bond acceptors (Lipinski definition) is 1. The molecule has 0 aliphatic rings. The van der Waals surface area contributed by atoms with Gasteiger partial charge in [-0.2, -0.15) is 4.02 Å². The summed E-state index contributed by atoms with van der Waals surface area (Å²) < 4.78 is 3.22. The smallest absolute Gasteiger partial charge is 0.147 e. The third kappa shape index (κ3) is 2.63. The first-order valence-corrected chi connectivity index (χ1v) is 2.08. The summed E-state index contributed by atoms with van der Waals surface area (Å²) in [7, 11) is 0. The fourth-order valence-electron chi connectivity index (χ4n) is 0. The van der Waals surface area contributed by atoms with Crippen molar-refractivity contribution in [2.75, 3.05) is 0 Å². The highest BCUT2D eigenvalue weighted by Crippen LogP contribution is 1.78. The summed E-state index contributed by atoms with van der Waals surface area (Å²) >= 11 is 5.50. The lowest BCUT2D eigenvalue weighted by molar-refractivity contribution is 2.10. The maximum atomic E-state index is 3.22. The number of nitrogens with zero attached hydrogens (tertiary/aromatic N) is 1. The van der Waals surface area contributed by atoms with Gasteiger partial charge in [0.15, 0.2) is 0 Å². The topological polar surface area (TPSA) is 12.4 Å². The van der Waals surface area contributed by atoms with Gasteiger partial charge in [-0.15, -0.1) is 0 Å². The van der Waals surface area contributed by atoms with Gasteiger partial charge in [0, 0.05) is 0 Å². The van der Waals surface area contributed by atoms with Gasteiger partial charge in [-0.3, -0.25) is 0 Å². The molecule has 1 radical (unpaired) electrons. The number of rotatable bonds is 0. The highest BCUT2D eigenvalue weighted by molar-refractivity contribution is 9.18. The van der Waals surface area contributed by atoms with E-state index in [-0.39, 0.29) is 0 Å². The van der Waals surface area contributed by atoms with E-state index in [4.69, 9.17) is 0 Å². The minimum absolute atomic E-state index is 2.28. The fraction of sp³-hybridized carbons (Fsp3) is 0. The fourth-order valence-corrected chi connectivity index (χ4v) is 0. The number of halogens is 2. The van der Waals surface area contributed by atoms with Crippen molar-refractivity contribution in [1.29, 1.82) is 0 Å². The Labute approximate surface area is 41.6 Å². The molecule has 0 aliphatic carbocycles. The van der Waals surface area contributed by atoms with Crippen molar-refractivity contribution in [3.8, 4) is 0 Å². The molecule has 23 valence electrons. The van der Waals surface area contributed by atoms with Gasteiger partial charge in [-0.1, -0.05) is 0 Å². The molecule has 0 N–H and O–H groups in total. The van der Waals surface area contributed by atoms with Gasteiger partial charge < -0.3 is 0 Å². The second kappa shape index (κ2) is 3.63. The van der Waals surface area contributed by atoms with Crippen LogP contribution in [0.25, 0.3) is 0 Å². The Kier molecular flexibility index (Phi) is 4.20. The Bertz CT molecular complexity index is 21.2. The summed E-state index contributed by atoms with van der Waals surface area (Å²) in [4.78, 5) is 0. The molecule has 0 bridgehead atoms. The molecular weight excluding hydrogens is 186 g/mol. The molecule has 0 atom stereocenters. The van der Waals surface area contributed by atoms with Gasteiger partial charge >= 0.3 is 0 Å². The van der Waals surface area contributed by atoms with E-state index in [9.17, 15) is 0 Å². The van der Waals surface area contributed by atoms with Crippen LogP contribution in [0, 0.1) is 0 Å². The summed E-state index contributed by atoms with van der Waals surface area (Å²) in [5.41, 5.74) is 0. The lowest BCUT2D eigenvalue weighted by Gasteiger charge is -1.43. The van der Waals surface area contributed by atoms with Gasteiger partial charge in [0.25, 0.3) is 0 Å². The third-order valence-corrected chi connectivity index (χ3v) is 0.862. The van der Waals surface area contributed by atoms with Crippen LogP contribution >= 0.6 is 32.1 Å². The van der Waals surface area contributed by atoms with Crippen LogP contribution in [-0.2, 0) is 0 Å². The van der Waals surface area contributed by atoms with E-state index in [2.05, 4.69) is 41.2 Å². The largest absolute Gasteiger partial charge is 0.197 e. The van der Waals surface area contributed by atoms with Crippen LogP contribution in [0.5, 0.6) is 0 Å². The Morgan fingerprint density at radius 1 is 1.75 bits per heavy atom. The Hall–Kier alpha value is 0.630. The van der Waals surface area contributed by atoms with Gasteiger partial charge in [-0.05, 0) is 15.9 Å². The zero-order chi connectivity index (χ0) is 3.41. The first kappa shape index (κ1) is 4.63. The second-order valence-corrected chi connectivity index (χ2v) is 0.878. The van der Waals surface area contributed by atoms with Gasteiger partial charge in [0.2, 0.25) is 0 Å². The van der Waals surface area contributed by atoms with Crippen LogP contribution in [0.1, 0.15) is 0 Å². The van der Waals surface area contributed by atoms with Gasteiger partial charge in [-0.25, -0.2) is 0 Å². The molecule has 0 aromatic rings. The van der Waals surface area contributed by atoms with E-state index >= 15 is 0 Å². The minimum atomic E-state index is 2.28. The van der Waals surface area contributed by atoms with Crippen LogP contribution in [0.15, 0.2) is 4.02 Å². The molecule has 0 fully saturated rings. The standard InChI is InChI=1S/CBr2N/c2-1-4-3. The molecule has 0 heterocycles. The average molecular weight is 186 g/mol. The summed E-state index contributed by atoms with van der Waals surface area (Å²) in [6, 6.07) is 0. The Morgan fingerprint density at radius 3 is 2.00 bits per heavy atom.